The third kappa shape index (κ3) is 2.34. The zero-order valence-corrected chi connectivity index (χ0v) is 10.9. The number of hydrogen-bond donors (Lipinski definition) is 0. The van der Waals surface area contributed by atoms with Gasteiger partial charge in [-0.3, -0.25) is 0 Å². The zero-order valence-electron chi connectivity index (χ0n) is 10.1. The lowest BCUT2D eigenvalue weighted by Gasteiger charge is -2.14. The molecule has 2 aromatic rings. The molecular formula is C12H11F3N2S. The van der Waals surface area contributed by atoms with Gasteiger partial charge in [-0.15, -0.1) is 11.3 Å². The summed E-state index contributed by atoms with van der Waals surface area (Å²) in [5, 5.41) is 0. The van der Waals surface area contributed by atoms with Crippen molar-refractivity contribution in [3.05, 3.63) is 29.4 Å². The molecule has 0 saturated carbocycles. The first-order valence-electron chi connectivity index (χ1n) is 5.24. The summed E-state index contributed by atoms with van der Waals surface area (Å²) in [5.41, 5.74) is -0.0199. The lowest BCUT2D eigenvalue weighted by Crippen LogP contribution is -2.11. The molecule has 0 aromatic carbocycles. The van der Waals surface area contributed by atoms with Crippen molar-refractivity contribution in [2.24, 2.45) is 0 Å². The van der Waals surface area contributed by atoms with Crippen LogP contribution < -0.4 is 0 Å². The fourth-order valence-electron chi connectivity index (χ4n) is 1.45. The van der Waals surface area contributed by atoms with Crippen molar-refractivity contribution in [3.63, 3.8) is 0 Å². The minimum Gasteiger partial charge on any atom is -0.228 e. The van der Waals surface area contributed by atoms with Crippen molar-refractivity contribution in [2.75, 3.05) is 0 Å². The summed E-state index contributed by atoms with van der Waals surface area (Å²) in [4.78, 5) is 7.78. The summed E-state index contributed by atoms with van der Waals surface area (Å²) in [5.74, 6) is -1.19. The second-order valence-electron chi connectivity index (χ2n) is 5.01. The van der Waals surface area contributed by atoms with Crippen molar-refractivity contribution < 1.29 is 13.2 Å². The highest BCUT2D eigenvalue weighted by Gasteiger charge is 2.35. The van der Waals surface area contributed by atoms with E-state index in [2.05, 4.69) is 9.97 Å². The van der Waals surface area contributed by atoms with Gasteiger partial charge in [0.25, 0.3) is 0 Å². The topological polar surface area (TPSA) is 25.8 Å². The first kappa shape index (κ1) is 13.3. The Morgan fingerprint density at radius 2 is 1.78 bits per heavy atom. The second kappa shape index (κ2) is 3.91. The molecule has 0 unspecified atom stereocenters. The van der Waals surface area contributed by atoms with E-state index in [9.17, 15) is 13.2 Å². The van der Waals surface area contributed by atoms with Crippen LogP contribution in [0, 0.1) is 6.92 Å². The first-order valence-corrected chi connectivity index (χ1v) is 6.05. The van der Waals surface area contributed by atoms with Crippen LogP contribution in [0.25, 0.3) is 10.2 Å². The number of aromatic nitrogens is 2. The van der Waals surface area contributed by atoms with Crippen LogP contribution in [0.4, 0.5) is 13.2 Å². The van der Waals surface area contributed by atoms with Crippen LogP contribution in [0.5, 0.6) is 0 Å². The number of alkyl halides is 3. The molecule has 0 aliphatic carbocycles. The molecule has 0 N–H and O–H groups in total. The smallest absolute Gasteiger partial charge is 0.228 e. The molecule has 0 fully saturated rings. The molecule has 2 aromatic heterocycles. The predicted octanol–water partition coefficient (Wildman–Crippen LogP) is 4.07. The molecule has 0 spiro atoms. The summed E-state index contributed by atoms with van der Waals surface area (Å²) in [6.07, 6.45) is -4.58. The highest BCUT2D eigenvalue weighted by molar-refractivity contribution is 7.19. The number of rotatable bonds is 0. The van der Waals surface area contributed by atoms with E-state index in [1.54, 1.807) is 6.07 Å². The third-order valence-corrected chi connectivity index (χ3v) is 3.96. The number of thiophene rings is 1. The Hall–Kier alpha value is -1.17. The van der Waals surface area contributed by atoms with Crippen molar-refractivity contribution in [1.29, 1.82) is 0 Å². The Bertz CT molecular complexity index is 594. The Kier molecular flexibility index (Phi) is 2.88. The Morgan fingerprint density at radius 1 is 1.17 bits per heavy atom. The molecule has 18 heavy (non-hydrogen) atoms. The molecular weight excluding hydrogens is 261 g/mol. The summed E-state index contributed by atoms with van der Waals surface area (Å²) >= 11 is 1.33. The molecule has 0 aliphatic heterocycles. The molecule has 2 nitrogen and oxygen atoms in total. The summed E-state index contributed by atoms with van der Waals surface area (Å²) in [7, 11) is 0. The number of fused-ring (bicyclic) bond motifs is 1. The number of halogens is 3. The second-order valence-corrected chi connectivity index (χ2v) is 6.06. The van der Waals surface area contributed by atoms with E-state index in [4.69, 9.17) is 6.92 Å². The quantitative estimate of drug-likeness (QED) is 0.722. The van der Waals surface area contributed by atoms with Gasteiger partial charge in [0, 0.05) is 11.8 Å². The monoisotopic (exact) mass is 272 g/mol. The van der Waals surface area contributed by atoms with Gasteiger partial charge in [-0.25, -0.2) is 9.97 Å². The predicted molar refractivity (Wildman–Crippen MR) is 64.5 cm³/mol. The zero-order chi connectivity index (χ0) is 13.7. The third-order valence-electron chi connectivity index (χ3n) is 2.39. The minimum absolute atomic E-state index is 0.118. The van der Waals surface area contributed by atoms with Gasteiger partial charge in [-0.05, 0) is 11.5 Å². The standard InChI is InChI=1S/C12H11F3N2S/c1-6-9-7(5-8(18-9)11(2,3)4)17-10(16-6)12(13,14)15/h1,5H,2-4H3. The van der Waals surface area contributed by atoms with Gasteiger partial charge in [0.1, 0.15) is 0 Å². The fraction of sp³-hybridized carbons (Fsp3) is 0.417. The van der Waals surface area contributed by atoms with E-state index in [0.29, 0.717) is 4.70 Å². The summed E-state index contributed by atoms with van der Waals surface area (Å²) < 4.78 is 38.2. The van der Waals surface area contributed by atoms with Crippen LogP contribution in [0.15, 0.2) is 6.07 Å². The van der Waals surface area contributed by atoms with Gasteiger partial charge < -0.3 is 0 Å². The molecule has 0 amide bonds. The maximum absolute atomic E-state index is 12.6. The van der Waals surface area contributed by atoms with Gasteiger partial charge in [0.05, 0.1) is 15.9 Å². The normalized spacial score (nSPS) is 13.3. The Labute approximate surface area is 107 Å². The fourth-order valence-corrected chi connectivity index (χ4v) is 2.50. The molecule has 0 atom stereocenters. The summed E-state index contributed by atoms with van der Waals surface area (Å²) in [6, 6.07) is 1.65. The SMILES string of the molecule is [CH]c1nc(C(F)(F)F)nc2cc(C(C)(C)C)sc12. The van der Waals surface area contributed by atoms with E-state index < -0.39 is 12.0 Å². The van der Waals surface area contributed by atoms with Crippen LogP contribution in [0.1, 0.15) is 37.2 Å². The number of hydrogen-bond acceptors (Lipinski definition) is 3. The largest absolute Gasteiger partial charge is 0.451 e. The first-order chi connectivity index (χ1) is 8.09. The van der Waals surface area contributed by atoms with Crippen molar-refractivity contribution in [3.8, 4) is 0 Å². The maximum atomic E-state index is 12.6. The minimum atomic E-state index is -4.58. The van der Waals surface area contributed by atoms with Crippen molar-refractivity contribution in [2.45, 2.75) is 32.4 Å². The van der Waals surface area contributed by atoms with E-state index >= 15 is 0 Å². The van der Waals surface area contributed by atoms with Crippen molar-refractivity contribution >= 4 is 21.6 Å². The molecule has 0 saturated heterocycles. The molecule has 0 aliphatic rings. The number of nitrogens with zero attached hydrogens (tertiary/aromatic N) is 2. The van der Waals surface area contributed by atoms with Crippen LogP contribution in [-0.4, -0.2) is 9.97 Å². The lowest BCUT2D eigenvalue weighted by atomic mass is 9.95. The lowest BCUT2D eigenvalue weighted by molar-refractivity contribution is -0.144. The van der Waals surface area contributed by atoms with Gasteiger partial charge >= 0.3 is 6.18 Å². The van der Waals surface area contributed by atoms with Gasteiger partial charge in [-0.1, -0.05) is 20.8 Å². The molecule has 2 radical (unpaired) electrons. The van der Waals surface area contributed by atoms with Crippen LogP contribution >= 0.6 is 11.3 Å². The maximum Gasteiger partial charge on any atom is 0.451 e. The Morgan fingerprint density at radius 3 is 2.28 bits per heavy atom. The highest BCUT2D eigenvalue weighted by atomic mass is 32.1. The van der Waals surface area contributed by atoms with E-state index in [-0.39, 0.29) is 16.6 Å². The molecule has 96 valence electrons. The highest BCUT2D eigenvalue weighted by Crippen LogP contribution is 2.36. The molecule has 6 heteroatoms. The van der Waals surface area contributed by atoms with Crippen LogP contribution in [0.3, 0.4) is 0 Å². The molecule has 2 heterocycles. The van der Waals surface area contributed by atoms with E-state index in [0.717, 1.165) is 4.88 Å². The van der Waals surface area contributed by atoms with Gasteiger partial charge in [0.15, 0.2) is 0 Å². The van der Waals surface area contributed by atoms with E-state index in [1.165, 1.54) is 11.3 Å². The molecule has 0 bridgehead atoms. The molecule has 2 rings (SSSR count). The van der Waals surface area contributed by atoms with E-state index in [1.807, 2.05) is 20.8 Å². The summed E-state index contributed by atoms with van der Waals surface area (Å²) in [6.45, 7) is 11.5. The average molecular weight is 272 g/mol. The average Bonchev–Trinajstić information content (AvgIpc) is 2.59. The van der Waals surface area contributed by atoms with Gasteiger partial charge in [-0.2, -0.15) is 13.2 Å². The van der Waals surface area contributed by atoms with Crippen molar-refractivity contribution in [1.82, 2.24) is 9.97 Å². The Balaban J connectivity index is 2.67. The van der Waals surface area contributed by atoms with Gasteiger partial charge in [0.2, 0.25) is 5.82 Å². The van der Waals surface area contributed by atoms with Crippen LogP contribution in [-0.2, 0) is 11.6 Å². The van der Waals surface area contributed by atoms with Crippen LogP contribution in [0.2, 0.25) is 0 Å².